The summed E-state index contributed by atoms with van der Waals surface area (Å²) < 4.78 is 1.71. The average molecular weight is 256 g/mol. The molecule has 2 N–H and O–H groups in total. The lowest BCUT2D eigenvalue weighted by Gasteiger charge is -2.11. The Morgan fingerprint density at radius 1 is 1.38 bits per heavy atom. The molecule has 2 aromatic rings. The van der Waals surface area contributed by atoms with Gasteiger partial charge in [-0.15, -0.1) is 0 Å². The van der Waals surface area contributed by atoms with E-state index in [1.54, 1.807) is 23.0 Å². The molecule has 0 aliphatic carbocycles. The smallest absolute Gasteiger partial charge is 0.0597 e. The van der Waals surface area contributed by atoms with Crippen molar-refractivity contribution in [1.82, 2.24) is 9.78 Å². The summed E-state index contributed by atoms with van der Waals surface area (Å²) in [4.78, 5) is 0. The SMILES string of the molecule is Cn1cc(C(N)c2ccc(Cl)cc2Cl)cn1. The number of rotatable bonds is 2. The molecule has 0 amide bonds. The third-order valence-corrected chi connectivity index (χ3v) is 2.94. The van der Waals surface area contributed by atoms with Crippen molar-refractivity contribution in [3.63, 3.8) is 0 Å². The maximum absolute atomic E-state index is 6.10. The molecular formula is C11H11Cl2N3. The molecule has 2 rings (SSSR count). The molecule has 16 heavy (non-hydrogen) atoms. The number of nitrogens with two attached hydrogens (primary N) is 1. The number of nitrogens with zero attached hydrogens (tertiary/aromatic N) is 2. The maximum Gasteiger partial charge on any atom is 0.0597 e. The Balaban J connectivity index is 2.37. The minimum absolute atomic E-state index is 0.279. The van der Waals surface area contributed by atoms with E-state index in [2.05, 4.69) is 5.10 Å². The van der Waals surface area contributed by atoms with E-state index >= 15 is 0 Å². The number of aryl methyl sites for hydroxylation is 1. The first-order chi connectivity index (χ1) is 7.58. The number of hydrogen-bond donors (Lipinski definition) is 1. The Morgan fingerprint density at radius 3 is 2.69 bits per heavy atom. The summed E-state index contributed by atoms with van der Waals surface area (Å²) >= 11 is 11.9. The summed E-state index contributed by atoms with van der Waals surface area (Å²) in [5, 5.41) is 5.25. The molecule has 0 saturated heterocycles. The van der Waals surface area contributed by atoms with Crippen LogP contribution in [0.15, 0.2) is 30.6 Å². The predicted octanol–water partition coefficient (Wildman–Crippen LogP) is 2.78. The van der Waals surface area contributed by atoms with Crippen molar-refractivity contribution < 1.29 is 0 Å². The first-order valence-corrected chi connectivity index (χ1v) is 5.52. The van der Waals surface area contributed by atoms with Gasteiger partial charge in [-0.05, 0) is 17.7 Å². The molecule has 1 atom stereocenters. The molecular weight excluding hydrogens is 245 g/mol. The molecule has 1 unspecified atom stereocenters. The zero-order valence-corrected chi connectivity index (χ0v) is 10.2. The van der Waals surface area contributed by atoms with Gasteiger partial charge in [-0.1, -0.05) is 29.3 Å². The quantitative estimate of drug-likeness (QED) is 0.897. The highest BCUT2D eigenvalue weighted by atomic mass is 35.5. The zero-order chi connectivity index (χ0) is 11.7. The Morgan fingerprint density at radius 2 is 2.12 bits per heavy atom. The van der Waals surface area contributed by atoms with Gasteiger partial charge in [0, 0.05) is 28.9 Å². The number of aromatic nitrogens is 2. The zero-order valence-electron chi connectivity index (χ0n) is 8.69. The van der Waals surface area contributed by atoms with Crippen LogP contribution in [-0.4, -0.2) is 9.78 Å². The van der Waals surface area contributed by atoms with E-state index in [1.807, 2.05) is 19.3 Å². The second kappa shape index (κ2) is 4.45. The number of benzene rings is 1. The summed E-state index contributed by atoms with van der Waals surface area (Å²) in [6.07, 6.45) is 3.60. The van der Waals surface area contributed by atoms with Crippen LogP contribution in [0.2, 0.25) is 10.0 Å². The van der Waals surface area contributed by atoms with E-state index in [0.29, 0.717) is 10.0 Å². The van der Waals surface area contributed by atoms with Crippen molar-refractivity contribution in [2.75, 3.05) is 0 Å². The normalized spacial score (nSPS) is 12.8. The van der Waals surface area contributed by atoms with E-state index in [0.717, 1.165) is 11.1 Å². The largest absolute Gasteiger partial charge is 0.320 e. The van der Waals surface area contributed by atoms with Crippen LogP contribution in [0, 0.1) is 0 Å². The minimum Gasteiger partial charge on any atom is -0.320 e. The van der Waals surface area contributed by atoms with Crippen molar-refractivity contribution in [2.24, 2.45) is 12.8 Å². The van der Waals surface area contributed by atoms with Gasteiger partial charge in [0.05, 0.1) is 12.2 Å². The van der Waals surface area contributed by atoms with E-state index in [4.69, 9.17) is 28.9 Å². The Labute approximate surface area is 104 Å². The second-order valence-corrected chi connectivity index (χ2v) is 4.43. The molecule has 1 aromatic heterocycles. The van der Waals surface area contributed by atoms with Gasteiger partial charge < -0.3 is 5.73 Å². The second-order valence-electron chi connectivity index (χ2n) is 3.59. The lowest BCUT2D eigenvalue weighted by Crippen LogP contribution is -2.11. The van der Waals surface area contributed by atoms with Gasteiger partial charge in [0.2, 0.25) is 0 Å². The fourth-order valence-corrected chi connectivity index (χ4v) is 2.06. The standard InChI is InChI=1S/C11H11Cl2N3/c1-16-6-7(5-15-16)11(14)9-3-2-8(12)4-10(9)13/h2-6,11H,14H2,1H3. The fraction of sp³-hybridized carbons (Fsp3) is 0.182. The molecule has 0 aliphatic heterocycles. The summed E-state index contributed by atoms with van der Waals surface area (Å²) in [7, 11) is 1.85. The van der Waals surface area contributed by atoms with Crippen LogP contribution in [0.1, 0.15) is 17.2 Å². The van der Waals surface area contributed by atoms with Crippen molar-refractivity contribution in [3.05, 3.63) is 51.8 Å². The van der Waals surface area contributed by atoms with E-state index in [9.17, 15) is 0 Å². The fourth-order valence-electron chi connectivity index (χ4n) is 1.53. The third kappa shape index (κ3) is 2.21. The molecule has 5 heteroatoms. The van der Waals surface area contributed by atoms with Gasteiger partial charge in [0.15, 0.2) is 0 Å². The number of hydrogen-bond acceptors (Lipinski definition) is 2. The van der Waals surface area contributed by atoms with Crippen LogP contribution < -0.4 is 5.73 Å². The van der Waals surface area contributed by atoms with Crippen LogP contribution in [0.5, 0.6) is 0 Å². The van der Waals surface area contributed by atoms with Crippen LogP contribution in [-0.2, 0) is 7.05 Å². The summed E-state index contributed by atoms with van der Waals surface area (Å²) in [5.41, 5.74) is 7.87. The maximum atomic E-state index is 6.10. The summed E-state index contributed by atoms with van der Waals surface area (Å²) in [6.45, 7) is 0. The van der Waals surface area contributed by atoms with Crippen LogP contribution in [0.4, 0.5) is 0 Å². The van der Waals surface area contributed by atoms with E-state index in [1.165, 1.54) is 0 Å². The van der Waals surface area contributed by atoms with E-state index in [-0.39, 0.29) is 6.04 Å². The monoisotopic (exact) mass is 255 g/mol. The Hall–Kier alpha value is -1.03. The lowest BCUT2D eigenvalue weighted by molar-refractivity contribution is 0.765. The minimum atomic E-state index is -0.279. The van der Waals surface area contributed by atoms with Crippen LogP contribution in [0.25, 0.3) is 0 Å². The number of halogens is 2. The average Bonchev–Trinajstić information content (AvgIpc) is 2.64. The molecule has 3 nitrogen and oxygen atoms in total. The highest BCUT2D eigenvalue weighted by Crippen LogP contribution is 2.28. The van der Waals surface area contributed by atoms with Crippen molar-refractivity contribution in [1.29, 1.82) is 0 Å². The molecule has 0 fully saturated rings. The molecule has 0 saturated carbocycles. The first-order valence-electron chi connectivity index (χ1n) is 4.77. The molecule has 0 aliphatic rings. The highest BCUT2D eigenvalue weighted by Gasteiger charge is 2.14. The van der Waals surface area contributed by atoms with Gasteiger partial charge in [-0.2, -0.15) is 5.10 Å². The molecule has 1 aromatic carbocycles. The van der Waals surface area contributed by atoms with Crippen LogP contribution in [0.3, 0.4) is 0 Å². The molecule has 0 radical (unpaired) electrons. The third-order valence-electron chi connectivity index (χ3n) is 2.38. The topological polar surface area (TPSA) is 43.8 Å². The Bertz CT molecular complexity index is 508. The van der Waals surface area contributed by atoms with Gasteiger partial charge >= 0.3 is 0 Å². The first kappa shape index (κ1) is 11.5. The van der Waals surface area contributed by atoms with E-state index < -0.39 is 0 Å². The van der Waals surface area contributed by atoms with Crippen molar-refractivity contribution in [2.45, 2.75) is 6.04 Å². The van der Waals surface area contributed by atoms with Gasteiger partial charge in [0.25, 0.3) is 0 Å². The Kier molecular flexibility index (Phi) is 3.19. The molecule has 0 bridgehead atoms. The summed E-state index contributed by atoms with van der Waals surface area (Å²) in [6, 6.07) is 5.02. The van der Waals surface area contributed by atoms with Crippen LogP contribution >= 0.6 is 23.2 Å². The predicted molar refractivity (Wildman–Crippen MR) is 65.7 cm³/mol. The molecule has 84 valence electrons. The van der Waals surface area contributed by atoms with Gasteiger partial charge in [-0.3, -0.25) is 4.68 Å². The molecule has 0 spiro atoms. The highest BCUT2D eigenvalue weighted by molar-refractivity contribution is 6.35. The molecule has 1 heterocycles. The van der Waals surface area contributed by atoms with Gasteiger partial charge in [0.1, 0.15) is 0 Å². The lowest BCUT2D eigenvalue weighted by atomic mass is 10.0. The summed E-state index contributed by atoms with van der Waals surface area (Å²) in [5.74, 6) is 0. The van der Waals surface area contributed by atoms with Crippen molar-refractivity contribution in [3.8, 4) is 0 Å². The van der Waals surface area contributed by atoms with Gasteiger partial charge in [-0.25, -0.2) is 0 Å². The van der Waals surface area contributed by atoms with Crippen molar-refractivity contribution >= 4 is 23.2 Å².